The zero-order chi connectivity index (χ0) is 38.6. The smallest absolute Gasteiger partial charge is 0.266 e. The quantitative estimate of drug-likeness (QED) is 0.132. The maximum absolute atomic E-state index is 14.9. The molecule has 7 rings (SSSR count). The van der Waals surface area contributed by atoms with E-state index < -0.39 is 11.4 Å². The molecule has 4 heterocycles. The number of hydrogen-bond acceptors (Lipinski definition) is 12. The van der Waals surface area contributed by atoms with Gasteiger partial charge in [-0.3, -0.25) is 19.1 Å². The number of carbonyl (C=O) groups is 1. The number of aromatic nitrogens is 4. The highest BCUT2D eigenvalue weighted by molar-refractivity contribution is 8.01. The molecule has 3 aromatic carbocycles. The van der Waals surface area contributed by atoms with E-state index in [1.807, 2.05) is 29.7 Å². The minimum Gasteiger partial charge on any atom is -0.453 e. The molecule has 0 radical (unpaired) electrons. The summed E-state index contributed by atoms with van der Waals surface area (Å²) in [6, 6.07) is 14.2. The minimum absolute atomic E-state index is 0.00346. The molecule has 0 unspecified atom stereocenters. The number of likely N-dealkylation sites (tertiary alicyclic amines) is 1. The van der Waals surface area contributed by atoms with Crippen LogP contribution >= 0.6 is 11.9 Å². The van der Waals surface area contributed by atoms with Crippen LogP contribution in [0.15, 0.2) is 72.0 Å². The Bertz CT molecular complexity index is 2300. The third-order valence-electron chi connectivity index (χ3n) is 9.80. The average molecular weight is 767 g/mol. The number of benzene rings is 3. The van der Waals surface area contributed by atoms with Crippen molar-refractivity contribution < 1.29 is 18.3 Å². The van der Waals surface area contributed by atoms with Gasteiger partial charge >= 0.3 is 0 Å². The van der Waals surface area contributed by atoms with Gasteiger partial charge in [0.2, 0.25) is 11.9 Å². The van der Waals surface area contributed by atoms with Gasteiger partial charge in [-0.1, -0.05) is 19.9 Å². The van der Waals surface area contributed by atoms with Crippen LogP contribution in [0.25, 0.3) is 16.6 Å². The molecule has 0 bridgehead atoms. The van der Waals surface area contributed by atoms with E-state index in [1.165, 1.54) is 59.5 Å². The number of piperazine rings is 1. The first kappa shape index (κ1) is 37.5. The number of halogens is 2. The SMILES string of the molecule is CC(C)SNc1ccc(F)c(Oc2ccc3ncn(-c4cnc(N5CCN(C(=O)CN6CCC(c7ccc(N)cc7F)CC6)CC5)nc4)c(=O)c3c2)c1C#N. The number of carbonyl (C=O) groups excluding carboxylic acids is 1. The number of rotatable bonds is 10. The van der Waals surface area contributed by atoms with Crippen LogP contribution in [0.1, 0.15) is 43.7 Å². The lowest BCUT2D eigenvalue weighted by molar-refractivity contribution is -0.133. The molecule has 1 amide bonds. The van der Waals surface area contributed by atoms with Crippen LogP contribution in [-0.4, -0.2) is 86.3 Å². The molecule has 3 N–H and O–H groups in total. The van der Waals surface area contributed by atoms with E-state index in [2.05, 4.69) is 24.6 Å². The van der Waals surface area contributed by atoms with E-state index in [-0.39, 0.29) is 45.3 Å². The molecular weight excluding hydrogens is 727 g/mol. The van der Waals surface area contributed by atoms with E-state index in [9.17, 15) is 23.6 Å². The summed E-state index contributed by atoms with van der Waals surface area (Å²) in [5.41, 5.74) is 7.61. The molecule has 2 aliphatic heterocycles. The lowest BCUT2D eigenvalue weighted by Crippen LogP contribution is -2.52. The molecule has 5 aromatic rings. The predicted molar refractivity (Wildman–Crippen MR) is 208 cm³/mol. The number of fused-ring (bicyclic) bond motifs is 1. The van der Waals surface area contributed by atoms with Crippen molar-refractivity contribution in [3.05, 3.63) is 100 Å². The number of ether oxygens (including phenoxy) is 1. The number of nitriles is 1. The molecule has 2 saturated heterocycles. The van der Waals surface area contributed by atoms with Crippen molar-refractivity contribution in [1.82, 2.24) is 29.3 Å². The second-order valence-electron chi connectivity index (χ2n) is 13.8. The van der Waals surface area contributed by atoms with Crippen LogP contribution < -0.4 is 25.7 Å². The van der Waals surface area contributed by atoms with Crippen molar-refractivity contribution >= 4 is 46.1 Å². The van der Waals surface area contributed by atoms with Crippen molar-refractivity contribution in [3.8, 4) is 23.3 Å². The Balaban J connectivity index is 0.966. The second kappa shape index (κ2) is 16.3. The first-order valence-electron chi connectivity index (χ1n) is 18.0. The fraction of sp³-hybridized carbons (Fsp3) is 0.333. The number of nitrogens with zero attached hydrogens (tertiary/aromatic N) is 8. The highest BCUT2D eigenvalue weighted by Crippen LogP contribution is 2.35. The van der Waals surface area contributed by atoms with Gasteiger partial charge in [0.25, 0.3) is 5.56 Å². The summed E-state index contributed by atoms with van der Waals surface area (Å²) in [5.74, 6) is -0.423. The maximum atomic E-state index is 14.9. The Morgan fingerprint density at radius 2 is 1.75 bits per heavy atom. The van der Waals surface area contributed by atoms with Crippen molar-refractivity contribution in [2.75, 3.05) is 61.2 Å². The summed E-state index contributed by atoms with van der Waals surface area (Å²) in [5, 5.41) is 10.3. The largest absolute Gasteiger partial charge is 0.453 e. The summed E-state index contributed by atoms with van der Waals surface area (Å²) in [6.45, 7) is 7.87. The van der Waals surface area contributed by atoms with E-state index in [0.717, 1.165) is 25.9 Å². The second-order valence-corrected chi connectivity index (χ2v) is 15.2. The molecule has 2 aliphatic rings. The van der Waals surface area contributed by atoms with Crippen LogP contribution in [0.2, 0.25) is 0 Å². The number of piperidine rings is 1. The Morgan fingerprint density at radius 3 is 2.44 bits per heavy atom. The molecule has 2 fully saturated rings. The van der Waals surface area contributed by atoms with E-state index in [0.29, 0.717) is 66.8 Å². The highest BCUT2D eigenvalue weighted by Gasteiger charge is 2.28. The molecule has 0 aliphatic carbocycles. The van der Waals surface area contributed by atoms with Crippen LogP contribution in [0.4, 0.5) is 26.1 Å². The van der Waals surface area contributed by atoms with Crippen LogP contribution in [-0.2, 0) is 4.79 Å². The van der Waals surface area contributed by atoms with E-state index >= 15 is 0 Å². The molecule has 55 heavy (non-hydrogen) atoms. The van der Waals surface area contributed by atoms with Crippen molar-refractivity contribution in [3.63, 3.8) is 0 Å². The number of nitrogens with two attached hydrogens (primary N) is 1. The predicted octanol–water partition coefficient (Wildman–Crippen LogP) is 5.70. The zero-order valence-electron chi connectivity index (χ0n) is 30.4. The number of hydrogen-bond donors (Lipinski definition) is 2. The van der Waals surface area contributed by atoms with Gasteiger partial charge < -0.3 is 25.0 Å². The van der Waals surface area contributed by atoms with Crippen molar-refractivity contribution in [1.29, 1.82) is 5.26 Å². The summed E-state index contributed by atoms with van der Waals surface area (Å²) in [4.78, 5) is 46.3. The monoisotopic (exact) mass is 766 g/mol. The van der Waals surface area contributed by atoms with Crippen LogP contribution in [0.3, 0.4) is 0 Å². The van der Waals surface area contributed by atoms with Gasteiger partial charge in [0.15, 0.2) is 11.6 Å². The zero-order valence-corrected chi connectivity index (χ0v) is 31.2. The van der Waals surface area contributed by atoms with Gasteiger partial charge in [0.05, 0.1) is 41.2 Å². The van der Waals surface area contributed by atoms with Crippen LogP contribution in [0, 0.1) is 23.0 Å². The standard InChI is InChI=1S/C39H40F2N10O3S/c1-24(2)55-47-35-8-6-32(40)37(31(35)19-42)54-28-4-7-34-30(18-28)38(53)51(23-46-34)27-20-44-39(45-21-27)50-15-13-49(14-16-50)36(52)22-48-11-9-25(10-12-48)29-5-3-26(43)17-33(29)41/h3-8,17-18,20-21,23-25,47H,9-16,22,43H2,1-2H3. The third kappa shape index (κ3) is 8.32. The van der Waals surface area contributed by atoms with Gasteiger partial charge in [0.1, 0.15) is 29.5 Å². The summed E-state index contributed by atoms with van der Waals surface area (Å²) < 4.78 is 39.6. The van der Waals surface area contributed by atoms with E-state index in [1.54, 1.807) is 24.3 Å². The normalized spacial score (nSPS) is 15.3. The molecule has 0 atom stereocenters. The first-order valence-corrected chi connectivity index (χ1v) is 18.9. The molecule has 284 valence electrons. The molecule has 0 spiro atoms. The van der Waals surface area contributed by atoms with Gasteiger partial charge in [-0.25, -0.2) is 23.7 Å². The highest BCUT2D eigenvalue weighted by atomic mass is 32.2. The molecule has 13 nitrogen and oxygen atoms in total. The van der Waals surface area contributed by atoms with Gasteiger partial charge in [-0.15, -0.1) is 0 Å². The van der Waals surface area contributed by atoms with Gasteiger partial charge in [0, 0.05) is 37.1 Å². The number of nitrogen functional groups attached to an aromatic ring is 1. The third-order valence-corrected chi connectivity index (χ3v) is 10.6. The van der Waals surface area contributed by atoms with Crippen molar-refractivity contribution in [2.45, 2.75) is 37.9 Å². The fourth-order valence-corrected chi connectivity index (χ4v) is 7.36. The minimum atomic E-state index is -0.716. The first-order chi connectivity index (χ1) is 26.6. The Kier molecular flexibility index (Phi) is 11.1. The molecule has 0 saturated carbocycles. The molecule has 16 heteroatoms. The Morgan fingerprint density at radius 1 is 1.00 bits per heavy atom. The molecule has 2 aromatic heterocycles. The average Bonchev–Trinajstić information content (AvgIpc) is 3.19. The topological polar surface area (TPSA) is 159 Å². The number of amides is 1. The van der Waals surface area contributed by atoms with Crippen molar-refractivity contribution in [2.24, 2.45) is 0 Å². The molecular formula is C39H40F2N10O3S. The lowest BCUT2D eigenvalue weighted by atomic mass is 9.89. The Labute approximate surface area is 320 Å². The van der Waals surface area contributed by atoms with E-state index in [4.69, 9.17) is 10.5 Å². The fourth-order valence-electron chi connectivity index (χ4n) is 6.83. The summed E-state index contributed by atoms with van der Waals surface area (Å²) in [7, 11) is 0. The summed E-state index contributed by atoms with van der Waals surface area (Å²) >= 11 is 1.38. The maximum Gasteiger partial charge on any atom is 0.266 e. The number of anilines is 3. The number of nitrogens with one attached hydrogen (secondary N) is 1. The van der Waals surface area contributed by atoms with Gasteiger partial charge in [-0.2, -0.15) is 5.26 Å². The summed E-state index contributed by atoms with van der Waals surface area (Å²) in [6.07, 6.45) is 6.03. The van der Waals surface area contributed by atoms with Gasteiger partial charge in [-0.05, 0) is 91.8 Å². The van der Waals surface area contributed by atoms with Crippen LogP contribution in [0.5, 0.6) is 11.5 Å². The lowest BCUT2D eigenvalue weighted by Gasteiger charge is -2.37. The Hall–Kier alpha value is -5.79.